The highest BCUT2D eigenvalue weighted by atomic mass is 32.1. The number of carboxylic acid groups (broad SMARTS) is 1. The number of benzene rings is 1. The van der Waals surface area contributed by atoms with Crippen molar-refractivity contribution in [3.63, 3.8) is 0 Å². The molecule has 6 nitrogen and oxygen atoms in total. The van der Waals surface area contributed by atoms with Crippen molar-refractivity contribution in [1.82, 2.24) is 10.2 Å². The molecule has 1 saturated heterocycles. The van der Waals surface area contributed by atoms with Gasteiger partial charge in [0.05, 0.1) is 4.88 Å². The lowest BCUT2D eigenvalue weighted by molar-refractivity contribution is -0.128. The minimum Gasteiger partial charge on any atom is -0.477 e. The zero-order valence-corrected chi connectivity index (χ0v) is 12.9. The summed E-state index contributed by atoms with van der Waals surface area (Å²) >= 11 is 0.919. The average Bonchev–Trinajstić information content (AvgIpc) is 3.05. The van der Waals surface area contributed by atoms with Gasteiger partial charge in [-0.05, 0) is 17.7 Å². The summed E-state index contributed by atoms with van der Waals surface area (Å²) < 4.78 is 0. The lowest BCUT2D eigenvalue weighted by atomic mass is 10.0. The molecule has 1 atom stereocenters. The monoisotopic (exact) mass is 330 g/mol. The van der Waals surface area contributed by atoms with Crippen LogP contribution >= 0.6 is 11.3 Å². The zero-order valence-electron chi connectivity index (χ0n) is 12.1. The fraction of sp³-hybridized carbons (Fsp3) is 0.188. The molecule has 1 aliphatic heterocycles. The number of rotatable bonds is 3. The Labute approximate surface area is 136 Å². The molecule has 2 aromatic rings. The second kappa shape index (κ2) is 6.21. The summed E-state index contributed by atoms with van der Waals surface area (Å²) in [6.07, 6.45) is 0. The lowest BCUT2D eigenvalue weighted by Gasteiger charge is -2.35. The quantitative estimate of drug-likeness (QED) is 0.898. The Balaban J connectivity index is 1.93. The number of piperazine rings is 1. The number of hydrogen-bond donors (Lipinski definition) is 2. The van der Waals surface area contributed by atoms with Gasteiger partial charge >= 0.3 is 5.97 Å². The van der Waals surface area contributed by atoms with Gasteiger partial charge in [0, 0.05) is 13.1 Å². The molecule has 23 heavy (non-hydrogen) atoms. The molecule has 1 unspecified atom stereocenters. The Bertz CT molecular complexity index is 756. The van der Waals surface area contributed by atoms with Crippen molar-refractivity contribution in [2.24, 2.45) is 0 Å². The van der Waals surface area contributed by atoms with Gasteiger partial charge in [-0.3, -0.25) is 9.59 Å². The van der Waals surface area contributed by atoms with Crippen LogP contribution in [0.25, 0.3) is 0 Å². The average molecular weight is 330 g/mol. The summed E-state index contributed by atoms with van der Waals surface area (Å²) in [4.78, 5) is 37.9. The Morgan fingerprint density at radius 2 is 1.83 bits per heavy atom. The van der Waals surface area contributed by atoms with E-state index in [1.165, 1.54) is 17.0 Å². The molecule has 2 amide bonds. The minimum atomic E-state index is -1.06. The van der Waals surface area contributed by atoms with E-state index in [-0.39, 0.29) is 16.7 Å². The third-order valence-corrected chi connectivity index (χ3v) is 4.68. The molecule has 118 valence electrons. The Hall–Kier alpha value is -2.67. The molecule has 0 saturated carbocycles. The maximum Gasteiger partial charge on any atom is 0.345 e. The first-order valence-electron chi connectivity index (χ1n) is 7.04. The van der Waals surface area contributed by atoms with Crippen molar-refractivity contribution >= 4 is 29.1 Å². The summed E-state index contributed by atoms with van der Waals surface area (Å²) in [5.41, 5.74) is 0.730. The van der Waals surface area contributed by atoms with E-state index >= 15 is 0 Å². The molecule has 1 aromatic heterocycles. The summed E-state index contributed by atoms with van der Waals surface area (Å²) in [6, 6.07) is 11.3. The van der Waals surface area contributed by atoms with Gasteiger partial charge in [-0.2, -0.15) is 0 Å². The SMILES string of the molecule is O=C(O)c1ccc(C(=O)N2CCNC(=O)C2c2ccccc2)s1. The van der Waals surface area contributed by atoms with Crippen LogP contribution in [0, 0.1) is 0 Å². The number of carboxylic acids is 1. The standard InChI is InChI=1S/C16H14N2O4S/c19-14-13(10-4-2-1-3-5-10)18(9-8-17-14)15(20)11-6-7-12(23-11)16(21)22/h1-7,13H,8-9H2,(H,17,19)(H,21,22). The molecule has 0 radical (unpaired) electrons. The number of aromatic carboxylic acids is 1. The Morgan fingerprint density at radius 1 is 1.13 bits per heavy atom. The van der Waals surface area contributed by atoms with E-state index in [2.05, 4.69) is 5.32 Å². The first-order chi connectivity index (χ1) is 11.1. The van der Waals surface area contributed by atoms with E-state index in [1.807, 2.05) is 18.2 Å². The minimum absolute atomic E-state index is 0.103. The van der Waals surface area contributed by atoms with Crippen molar-refractivity contribution in [2.75, 3.05) is 13.1 Å². The first-order valence-corrected chi connectivity index (χ1v) is 7.86. The van der Waals surface area contributed by atoms with Gasteiger partial charge in [0.15, 0.2) is 0 Å². The van der Waals surface area contributed by atoms with Gasteiger partial charge in [0.2, 0.25) is 5.91 Å². The van der Waals surface area contributed by atoms with Gasteiger partial charge in [-0.1, -0.05) is 30.3 Å². The largest absolute Gasteiger partial charge is 0.477 e. The fourth-order valence-electron chi connectivity index (χ4n) is 2.56. The highest BCUT2D eigenvalue weighted by molar-refractivity contribution is 7.15. The molecule has 1 aliphatic rings. The van der Waals surface area contributed by atoms with Crippen molar-refractivity contribution in [1.29, 1.82) is 0 Å². The second-order valence-electron chi connectivity index (χ2n) is 5.07. The summed E-state index contributed by atoms with van der Waals surface area (Å²) in [5.74, 6) is -1.62. The van der Waals surface area contributed by atoms with Gasteiger partial charge in [-0.25, -0.2) is 4.79 Å². The topological polar surface area (TPSA) is 86.7 Å². The molecule has 0 aliphatic carbocycles. The van der Waals surface area contributed by atoms with Crippen LogP contribution in [-0.4, -0.2) is 40.9 Å². The van der Waals surface area contributed by atoms with Crippen molar-refractivity contribution in [2.45, 2.75) is 6.04 Å². The molecule has 2 heterocycles. The van der Waals surface area contributed by atoms with Crippen LogP contribution in [-0.2, 0) is 4.79 Å². The normalized spacial score (nSPS) is 17.7. The molecule has 2 N–H and O–H groups in total. The van der Waals surface area contributed by atoms with Crippen LogP contribution in [0.4, 0.5) is 0 Å². The molecular formula is C16H14N2O4S. The lowest BCUT2D eigenvalue weighted by Crippen LogP contribution is -2.52. The number of carbonyl (C=O) groups excluding carboxylic acids is 2. The van der Waals surface area contributed by atoms with Crippen LogP contribution in [0.5, 0.6) is 0 Å². The molecule has 1 aromatic carbocycles. The van der Waals surface area contributed by atoms with Gasteiger partial charge in [0.25, 0.3) is 5.91 Å². The first kappa shape index (κ1) is 15.2. The predicted molar refractivity (Wildman–Crippen MR) is 84.5 cm³/mol. The maximum atomic E-state index is 12.7. The van der Waals surface area contributed by atoms with Gasteiger partial charge in [0.1, 0.15) is 10.9 Å². The number of thiophene rings is 1. The number of nitrogens with zero attached hydrogens (tertiary/aromatic N) is 1. The number of nitrogens with one attached hydrogen (secondary N) is 1. The van der Waals surface area contributed by atoms with E-state index in [0.29, 0.717) is 18.0 Å². The summed E-state index contributed by atoms with van der Waals surface area (Å²) in [7, 11) is 0. The molecule has 0 bridgehead atoms. The van der Waals surface area contributed by atoms with Gasteiger partial charge < -0.3 is 15.3 Å². The van der Waals surface area contributed by atoms with E-state index in [4.69, 9.17) is 5.11 Å². The van der Waals surface area contributed by atoms with Crippen LogP contribution < -0.4 is 5.32 Å². The van der Waals surface area contributed by atoms with Crippen molar-refractivity contribution in [3.8, 4) is 0 Å². The highest BCUT2D eigenvalue weighted by Crippen LogP contribution is 2.27. The third-order valence-electron chi connectivity index (χ3n) is 3.62. The molecule has 3 rings (SSSR count). The third kappa shape index (κ3) is 2.95. The number of hydrogen-bond acceptors (Lipinski definition) is 4. The number of amides is 2. The summed E-state index contributed by atoms with van der Waals surface area (Å²) in [6.45, 7) is 0.759. The van der Waals surface area contributed by atoms with Crippen molar-refractivity contribution in [3.05, 3.63) is 57.8 Å². The van der Waals surface area contributed by atoms with Crippen LogP contribution in [0.1, 0.15) is 30.9 Å². The Kier molecular flexibility index (Phi) is 4.12. The predicted octanol–water partition coefficient (Wildman–Crippen LogP) is 1.76. The van der Waals surface area contributed by atoms with E-state index in [0.717, 1.165) is 16.9 Å². The van der Waals surface area contributed by atoms with E-state index in [1.54, 1.807) is 12.1 Å². The van der Waals surface area contributed by atoms with E-state index in [9.17, 15) is 14.4 Å². The Morgan fingerprint density at radius 3 is 2.48 bits per heavy atom. The van der Waals surface area contributed by atoms with E-state index < -0.39 is 12.0 Å². The van der Waals surface area contributed by atoms with Crippen molar-refractivity contribution < 1.29 is 19.5 Å². The van der Waals surface area contributed by atoms with Crippen LogP contribution in [0.15, 0.2) is 42.5 Å². The fourth-order valence-corrected chi connectivity index (χ4v) is 3.36. The molecule has 0 spiro atoms. The van der Waals surface area contributed by atoms with Crippen LogP contribution in [0.3, 0.4) is 0 Å². The molecule has 7 heteroatoms. The maximum absolute atomic E-state index is 12.7. The smallest absolute Gasteiger partial charge is 0.345 e. The van der Waals surface area contributed by atoms with Crippen LogP contribution in [0.2, 0.25) is 0 Å². The zero-order chi connectivity index (χ0) is 16.4. The molecule has 1 fully saturated rings. The number of carbonyl (C=O) groups is 3. The highest BCUT2D eigenvalue weighted by Gasteiger charge is 2.35. The molecular weight excluding hydrogens is 316 g/mol. The second-order valence-corrected chi connectivity index (χ2v) is 6.16. The summed E-state index contributed by atoms with van der Waals surface area (Å²) in [5, 5.41) is 11.8. The van der Waals surface area contributed by atoms with Gasteiger partial charge in [-0.15, -0.1) is 11.3 Å².